The Morgan fingerprint density at radius 3 is 2.95 bits per heavy atom. The Morgan fingerprint density at radius 1 is 1.60 bits per heavy atom. The van der Waals surface area contributed by atoms with Crippen LogP contribution in [0.2, 0.25) is 0 Å². The normalized spacial score (nSPS) is 25.2. The number of pyridine rings is 1. The summed E-state index contributed by atoms with van der Waals surface area (Å²) >= 11 is 0. The summed E-state index contributed by atoms with van der Waals surface area (Å²) in [5.41, 5.74) is -0.480. The van der Waals surface area contributed by atoms with E-state index in [1.165, 1.54) is 4.90 Å². The van der Waals surface area contributed by atoms with Crippen LogP contribution in [0.15, 0.2) is 24.5 Å². The fraction of sp³-hybridized carbons (Fsp3) is 0.462. The number of hydrogen-bond donors (Lipinski definition) is 2. The predicted molar refractivity (Wildman–Crippen MR) is 71.5 cm³/mol. The van der Waals surface area contributed by atoms with Crippen LogP contribution in [0.5, 0.6) is 0 Å². The summed E-state index contributed by atoms with van der Waals surface area (Å²) in [6.07, 6.45) is 3.17. The van der Waals surface area contributed by atoms with Gasteiger partial charge >= 0.3 is 12.0 Å². The Hall–Kier alpha value is -2.15. The summed E-state index contributed by atoms with van der Waals surface area (Å²) in [4.78, 5) is 28.8. The lowest BCUT2D eigenvalue weighted by atomic mass is 9.85. The molecule has 0 saturated carbocycles. The van der Waals surface area contributed by atoms with E-state index in [1.54, 1.807) is 38.5 Å². The standard InChI is InChI=1S/C13H17N3O4/c1-13(11(17)18)8-20-7-10(13)15-12(19)16(2)9-4-3-5-14-6-9/h3-6,10H,7-8H2,1-2H3,(H,15,19)(H,17,18). The first-order valence-electron chi connectivity index (χ1n) is 6.20. The lowest BCUT2D eigenvalue weighted by molar-refractivity contribution is -0.148. The number of rotatable bonds is 3. The molecule has 1 aliphatic heterocycles. The first-order chi connectivity index (χ1) is 9.45. The topological polar surface area (TPSA) is 91.8 Å². The number of aromatic nitrogens is 1. The van der Waals surface area contributed by atoms with Crippen LogP contribution in [-0.2, 0) is 9.53 Å². The van der Waals surface area contributed by atoms with Gasteiger partial charge in [0.25, 0.3) is 0 Å². The van der Waals surface area contributed by atoms with Gasteiger partial charge in [-0.25, -0.2) is 4.79 Å². The quantitative estimate of drug-likeness (QED) is 0.850. The van der Waals surface area contributed by atoms with E-state index in [1.807, 2.05) is 0 Å². The Kier molecular flexibility index (Phi) is 3.89. The van der Waals surface area contributed by atoms with Crippen LogP contribution in [0.1, 0.15) is 6.92 Å². The number of nitrogens with zero attached hydrogens (tertiary/aromatic N) is 2. The summed E-state index contributed by atoms with van der Waals surface area (Å²) in [6.45, 7) is 1.84. The molecule has 1 saturated heterocycles. The van der Waals surface area contributed by atoms with Gasteiger partial charge in [-0.05, 0) is 19.1 Å². The molecule has 20 heavy (non-hydrogen) atoms. The number of carboxylic acid groups (broad SMARTS) is 1. The van der Waals surface area contributed by atoms with Crippen molar-refractivity contribution in [1.82, 2.24) is 10.3 Å². The van der Waals surface area contributed by atoms with Crippen molar-refractivity contribution in [3.05, 3.63) is 24.5 Å². The SMILES string of the molecule is CN(C(=O)NC1COCC1(C)C(=O)O)c1cccnc1. The van der Waals surface area contributed by atoms with Gasteiger partial charge in [-0.15, -0.1) is 0 Å². The molecule has 1 aliphatic rings. The number of urea groups is 1. The molecule has 1 fully saturated rings. The van der Waals surface area contributed by atoms with Gasteiger partial charge in [0.15, 0.2) is 0 Å². The van der Waals surface area contributed by atoms with E-state index in [-0.39, 0.29) is 19.2 Å². The number of anilines is 1. The molecule has 2 amide bonds. The van der Waals surface area contributed by atoms with E-state index in [0.29, 0.717) is 5.69 Å². The molecule has 0 aromatic carbocycles. The van der Waals surface area contributed by atoms with Crippen LogP contribution < -0.4 is 10.2 Å². The Labute approximate surface area is 116 Å². The Morgan fingerprint density at radius 2 is 2.35 bits per heavy atom. The highest BCUT2D eigenvalue weighted by atomic mass is 16.5. The molecule has 0 bridgehead atoms. The molecule has 7 heteroatoms. The van der Waals surface area contributed by atoms with Crippen LogP contribution in [0.4, 0.5) is 10.5 Å². The van der Waals surface area contributed by atoms with Crippen LogP contribution in [0.25, 0.3) is 0 Å². The largest absolute Gasteiger partial charge is 0.481 e. The Balaban J connectivity index is 2.06. The van der Waals surface area contributed by atoms with E-state index < -0.39 is 17.4 Å². The maximum absolute atomic E-state index is 12.1. The number of nitrogens with one attached hydrogen (secondary N) is 1. The van der Waals surface area contributed by atoms with Crippen molar-refractivity contribution in [2.24, 2.45) is 5.41 Å². The third-order valence-corrected chi connectivity index (χ3v) is 3.58. The predicted octanol–water partition coefficient (Wildman–Crippen LogP) is 0.717. The lowest BCUT2D eigenvalue weighted by Gasteiger charge is -2.27. The van der Waals surface area contributed by atoms with Gasteiger partial charge in [-0.2, -0.15) is 0 Å². The van der Waals surface area contributed by atoms with Gasteiger partial charge in [0.2, 0.25) is 0 Å². The minimum Gasteiger partial charge on any atom is -0.481 e. The molecule has 7 nitrogen and oxygen atoms in total. The summed E-state index contributed by atoms with van der Waals surface area (Å²) < 4.78 is 5.19. The molecule has 2 rings (SSSR count). The van der Waals surface area contributed by atoms with Crippen molar-refractivity contribution in [3.63, 3.8) is 0 Å². The third kappa shape index (κ3) is 2.57. The molecular formula is C13H17N3O4. The molecule has 2 atom stereocenters. The van der Waals surface area contributed by atoms with Crippen LogP contribution in [0.3, 0.4) is 0 Å². The van der Waals surface area contributed by atoms with E-state index in [4.69, 9.17) is 4.74 Å². The molecule has 1 aromatic heterocycles. The molecule has 2 unspecified atom stereocenters. The maximum atomic E-state index is 12.1. The number of ether oxygens (including phenoxy) is 1. The number of amides is 2. The van der Waals surface area contributed by atoms with Crippen molar-refractivity contribution in [3.8, 4) is 0 Å². The van der Waals surface area contributed by atoms with Crippen LogP contribution in [0, 0.1) is 5.41 Å². The first kappa shape index (κ1) is 14.3. The second-order valence-electron chi connectivity index (χ2n) is 5.01. The van der Waals surface area contributed by atoms with Gasteiger partial charge in [0.05, 0.1) is 31.1 Å². The number of hydrogen-bond acceptors (Lipinski definition) is 4. The van der Waals surface area contributed by atoms with Crippen molar-refractivity contribution in [2.75, 3.05) is 25.2 Å². The lowest BCUT2D eigenvalue weighted by Crippen LogP contribution is -2.52. The second kappa shape index (κ2) is 5.46. The molecule has 0 radical (unpaired) electrons. The first-order valence-corrected chi connectivity index (χ1v) is 6.20. The van der Waals surface area contributed by atoms with Crippen molar-refractivity contribution >= 4 is 17.7 Å². The van der Waals surface area contributed by atoms with Gasteiger partial charge in [-0.1, -0.05) is 0 Å². The van der Waals surface area contributed by atoms with E-state index in [2.05, 4.69) is 10.3 Å². The highest BCUT2D eigenvalue weighted by Crippen LogP contribution is 2.29. The van der Waals surface area contributed by atoms with Gasteiger partial charge < -0.3 is 15.2 Å². The van der Waals surface area contributed by atoms with Crippen molar-refractivity contribution in [1.29, 1.82) is 0 Å². The van der Waals surface area contributed by atoms with Crippen molar-refractivity contribution < 1.29 is 19.4 Å². The fourth-order valence-electron chi connectivity index (χ4n) is 2.00. The zero-order valence-electron chi connectivity index (χ0n) is 11.4. The van der Waals surface area contributed by atoms with E-state index >= 15 is 0 Å². The average molecular weight is 279 g/mol. The average Bonchev–Trinajstić information content (AvgIpc) is 2.81. The highest BCUT2D eigenvalue weighted by Gasteiger charge is 2.47. The summed E-state index contributed by atoms with van der Waals surface area (Å²) in [5, 5.41) is 12.0. The maximum Gasteiger partial charge on any atom is 0.321 e. The van der Waals surface area contributed by atoms with Gasteiger partial charge in [-0.3, -0.25) is 14.7 Å². The number of carboxylic acids is 1. The summed E-state index contributed by atoms with van der Waals surface area (Å²) in [5.74, 6) is -0.982. The number of carbonyl (C=O) groups excluding carboxylic acids is 1. The fourth-order valence-corrected chi connectivity index (χ4v) is 2.00. The van der Waals surface area contributed by atoms with Gasteiger partial charge in [0, 0.05) is 13.2 Å². The van der Waals surface area contributed by atoms with Gasteiger partial charge in [0.1, 0.15) is 5.41 Å². The number of carbonyl (C=O) groups is 2. The summed E-state index contributed by atoms with van der Waals surface area (Å²) in [6, 6.07) is 2.51. The van der Waals surface area contributed by atoms with E-state index in [0.717, 1.165) is 0 Å². The smallest absolute Gasteiger partial charge is 0.321 e. The highest BCUT2D eigenvalue weighted by molar-refractivity contribution is 5.92. The molecular weight excluding hydrogens is 262 g/mol. The molecule has 0 spiro atoms. The van der Waals surface area contributed by atoms with Crippen molar-refractivity contribution in [2.45, 2.75) is 13.0 Å². The molecule has 1 aromatic rings. The minimum absolute atomic E-state index is 0.0872. The van der Waals surface area contributed by atoms with Crippen LogP contribution in [-0.4, -0.2) is 48.4 Å². The molecule has 108 valence electrons. The monoisotopic (exact) mass is 279 g/mol. The molecule has 2 heterocycles. The van der Waals surface area contributed by atoms with E-state index in [9.17, 15) is 14.7 Å². The third-order valence-electron chi connectivity index (χ3n) is 3.58. The zero-order valence-corrected chi connectivity index (χ0v) is 11.4. The minimum atomic E-state index is -1.11. The number of aliphatic carboxylic acids is 1. The Bertz CT molecular complexity index is 508. The second-order valence-corrected chi connectivity index (χ2v) is 5.01. The van der Waals surface area contributed by atoms with Crippen LogP contribution >= 0.6 is 0 Å². The zero-order chi connectivity index (χ0) is 14.8. The molecule has 0 aliphatic carbocycles. The summed E-state index contributed by atoms with van der Waals surface area (Å²) in [7, 11) is 1.60. The molecule has 2 N–H and O–H groups in total.